The minimum absolute atomic E-state index is 0.0944. The molecular formula is C19H25N5O. The molecule has 6 nitrogen and oxygen atoms in total. The zero-order valence-electron chi connectivity index (χ0n) is 14.6. The predicted octanol–water partition coefficient (Wildman–Crippen LogP) is 4.31. The summed E-state index contributed by atoms with van der Waals surface area (Å²) in [5, 5.41) is 9.50. The topological polar surface area (TPSA) is 78.9 Å². The molecule has 25 heavy (non-hydrogen) atoms. The van der Waals surface area contributed by atoms with Crippen LogP contribution in [0.15, 0.2) is 36.5 Å². The van der Waals surface area contributed by atoms with Crippen LogP contribution in [0.3, 0.4) is 0 Å². The molecule has 1 fully saturated rings. The molecule has 1 amide bonds. The zero-order chi connectivity index (χ0) is 17.5. The first-order valence-electron chi connectivity index (χ1n) is 8.93. The number of hydrogen-bond acceptors (Lipinski definition) is 5. The van der Waals surface area contributed by atoms with Gasteiger partial charge < -0.3 is 16.0 Å². The molecule has 1 aromatic carbocycles. The van der Waals surface area contributed by atoms with E-state index < -0.39 is 0 Å². The molecule has 1 saturated carbocycles. The van der Waals surface area contributed by atoms with Crippen molar-refractivity contribution in [3.63, 3.8) is 0 Å². The third kappa shape index (κ3) is 5.45. The maximum absolute atomic E-state index is 11.2. The number of carbonyl (C=O) groups excluding carboxylic acids is 1. The summed E-state index contributed by atoms with van der Waals surface area (Å²) in [6, 6.07) is 9.90. The second-order valence-corrected chi connectivity index (χ2v) is 6.49. The van der Waals surface area contributed by atoms with Crippen LogP contribution in [0, 0.1) is 0 Å². The van der Waals surface area contributed by atoms with Crippen LogP contribution in [0.2, 0.25) is 0 Å². The van der Waals surface area contributed by atoms with E-state index in [1.54, 1.807) is 6.20 Å². The van der Waals surface area contributed by atoms with Crippen LogP contribution in [0.4, 0.5) is 23.1 Å². The highest BCUT2D eigenvalue weighted by Crippen LogP contribution is 2.22. The van der Waals surface area contributed by atoms with Crippen molar-refractivity contribution in [1.82, 2.24) is 9.97 Å². The van der Waals surface area contributed by atoms with E-state index in [1.807, 2.05) is 30.3 Å². The predicted molar refractivity (Wildman–Crippen MR) is 101 cm³/mol. The molecule has 1 heterocycles. The van der Waals surface area contributed by atoms with Crippen LogP contribution in [-0.4, -0.2) is 21.9 Å². The molecule has 1 aliphatic rings. The Balaban J connectivity index is 1.66. The Morgan fingerprint density at radius 3 is 2.60 bits per heavy atom. The van der Waals surface area contributed by atoms with Gasteiger partial charge in [-0.1, -0.05) is 31.7 Å². The molecule has 0 bridgehead atoms. The van der Waals surface area contributed by atoms with E-state index in [0.29, 0.717) is 12.0 Å². The summed E-state index contributed by atoms with van der Waals surface area (Å²) in [5.41, 5.74) is 1.57. The normalized spacial score (nSPS) is 15.2. The summed E-state index contributed by atoms with van der Waals surface area (Å²) in [4.78, 5) is 20.0. The average Bonchev–Trinajstić information content (AvgIpc) is 2.83. The maximum Gasteiger partial charge on any atom is 0.229 e. The average molecular weight is 339 g/mol. The number of hydrogen-bond donors (Lipinski definition) is 3. The summed E-state index contributed by atoms with van der Waals surface area (Å²) in [6.07, 6.45) is 9.38. The van der Waals surface area contributed by atoms with Gasteiger partial charge in [-0.25, -0.2) is 4.98 Å². The van der Waals surface area contributed by atoms with Crippen LogP contribution >= 0.6 is 0 Å². The largest absolute Gasteiger partial charge is 0.367 e. The molecule has 0 saturated heterocycles. The van der Waals surface area contributed by atoms with E-state index in [9.17, 15) is 4.79 Å². The van der Waals surface area contributed by atoms with E-state index in [0.717, 1.165) is 17.2 Å². The third-order valence-electron chi connectivity index (χ3n) is 4.30. The standard InChI is InChI=1S/C19H25N5O/c1-14(25)21-16-9-6-10-17(13-16)23-19-20-12-11-18(24-19)22-15-7-4-2-3-5-8-15/h6,9-13,15H,2-5,7-8H2,1H3,(H,21,25)(H2,20,22,23,24). The summed E-state index contributed by atoms with van der Waals surface area (Å²) in [7, 11) is 0. The van der Waals surface area contributed by atoms with Crippen LogP contribution < -0.4 is 16.0 Å². The van der Waals surface area contributed by atoms with E-state index >= 15 is 0 Å². The van der Waals surface area contributed by atoms with Gasteiger partial charge in [-0.3, -0.25) is 4.79 Å². The molecule has 1 aromatic heterocycles. The SMILES string of the molecule is CC(=O)Nc1cccc(Nc2nccc(NC3CCCCCC3)n2)c1. The van der Waals surface area contributed by atoms with Crippen LogP contribution in [0.5, 0.6) is 0 Å². The molecule has 1 aliphatic carbocycles. The van der Waals surface area contributed by atoms with Crippen molar-refractivity contribution in [1.29, 1.82) is 0 Å². The Morgan fingerprint density at radius 2 is 1.84 bits per heavy atom. The fraction of sp³-hybridized carbons (Fsp3) is 0.421. The Labute approximate surface area is 148 Å². The molecule has 6 heteroatoms. The first-order valence-corrected chi connectivity index (χ1v) is 8.93. The lowest BCUT2D eigenvalue weighted by Gasteiger charge is -2.17. The lowest BCUT2D eigenvalue weighted by molar-refractivity contribution is -0.114. The van der Waals surface area contributed by atoms with Gasteiger partial charge in [0, 0.05) is 30.5 Å². The minimum atomic E-state index is -0.0944. The van der Waals surface area contributed by atoms with Crippen molar-refractivity contribution in [2.75, 3.05) is 16.0 Å². The highest BCUT2D eigenvalue weighted by molar-refractivity contribution is 5.89. The number of amides is 1. The number of benzene rings is 1. The Morgan fingerprint density at radius 1 is 1.08 bits per heavy atom. The molecule has 0 radical (unpaired) electrons. The first kappa shape index (κ1) is 17.2. The van der Waals surface area contributed by atoms with Crippen molar-refractivity contribution < 1.29 is 4.79 Å². The van der Waals surface area contributed by atoms with E-state index in [2.05, 4.69) is 25.9 Å². The lowest BCUT2D eigenvalue weighted by atomic mass is 10.1. The second-order valence-electron chi connectivity index (χ2n) is 6.49. The van der Waals surface area contributed by atoms with Crippen LogP contribution in [0.25, 0.3) is 0 Å². The van der Waals surface area contributed by atoms with E-state index in [1.165, 1.54) is 45.4 Å². The van der Waals surface area contributed by atoms with Gasteiger partial charge in [-0.05, 0) is 37.1 Å². The Bertz CT molecular complexity index is 710. The van der Waals surface area contributed by atoms with Gasteiger partial charge in [0.2, 0.25) is 11.9 Å². The van der Waals surface area contributed by atoms with E-state index in [4.69, 9.17) is 0 Å². The number of rotatable bonds is 5. The molecule has 0 aliphatic heterocycles. The van der Waals surface area contributed by atoms with Crippen molar-refractivity contribution in [2.45, 2.75) is 51.5 Å². The number of carbonyl (C=O) groups is 1. The molecular weight excluding hydrogens is 314 g/mol. The lowest BCUT2D eigenvalue weighted by Crippen LogP contribution is -2.19. The molecule has 2 aromatic rings. The molecule has 132 valence electrons. The molecule has 3 N–H and O–H groups in total. The second kappa shape index (κ2) is 8.46. The van der Waals surface area contributed by atoms with Gasteiger partial charge in [0.05, 0.1) is 0 Å². The van der Waals surface area contributed by atoms with E-state index in [-0.39, 0.29) is 5.91 Å². The Kier molecular flexibility index (Phi) is 5.82. The number of nitrogens with zero attached hydrogens (tertiary/aromatic N) is 2. The van der Waals surface area contributed by atoms with Gasteiger partial charge in [-0.15, -0.1) is 0 Å². The summed E-state index contributed by atoms with van der Waals surface area (Å²) >= 11 is 0. The van der Waals surface area contributed by atoms with Gasteiger partial charge in [0.25, 0.3) is 0 Å². The smallest absolute Gasteiger partial charge is 0.229 e. The van der Waals surface area contributed by atoms with Gasteiger partial charge in [-0.2, -0.15) is 4.98 Å². The Hall–Kier alpha value is -2.63. The summed E-state index contributed by atoms with van der Waals surface area (Å²) in [5.74, 6) is 1.30. The summed E-state index contributed by atoms with van der Waals surface area (Å²) in [6.45, 7) is 1.49. The molecule has 3 rings (SSSR count). The van der Waals surface area contributed by atoms with Crippen LogP contribution in [-0.2, 0) is 4.79 Å². The first-order chi connectivity index (χ1) is 12.2. The van der Waals surface area contributed by atoms with Crippen molar-refractivity contribution in [2.24, 2.45) is 0 Å². The van der Waals surface area contributed by atoms with Gasteiger partial charge in [0.1, 0.15) is 5.82 Å². The van der Waals surface area contributed by atoms with Crippen molar-refractivity contribution >= 4 is 29.0 Å². The highest BCUT2D eigenvalue weighted by atomic mass is 16.1. The highest BCUT2D eigenvalue weighted by Gasteiger charge is 2.12. The van der Waals surface area contributed by atoms with Gasteiger partial charge in [0.15, 0.2) is 0 Å². The third-order valence-corrected chi connectivity index (χ3v) is 4.30. The number of anilines is 4. The quantitative estimate of drug-likeness (QED) is 0.707. The monoisotopic (exact) mass is 339 g/mol. The zero-order valence-corrected chi connectivity index (χ0v) is 14.6. The number of nitrogens with one attached hydrogen (secondary N) is 3. The molecule has 0 spiro atoms. The minimum Gasteiger partial charge on any atom is -0.367 e. The van der Waals surface area contributed by atoms with Crippen LogP contribution in [0.1, 0.15) is 45.4 Å². The summed E-state index contributed by atoms with van der Waals surface area (Å²) < 4.78 is 0. The maximum atomic E-state index is 11.2. The number of aromatic nitrogens is 2. The fourth-order valence-corrected chi connectivity index (χ4v) is 3.14. The molecule has 0 atom stereocenters. The van der Waals surface area contributed by atoms with Gasteiger partial charge >= 0.3 is 0 Å². The van der Waals surface area contributed by atoms with Crippen molar-refractivity contribution in [3.05, 3.63) is 36.5 Å². The molecule has 0 unspecified atom stereocenters. The van der Waals surface area contributed by atoms with Crippen molar-refractivity contribution in [3.8, 4) is 0 Å². The fourth-order valence-electron chi connectivity index (χ4n) is 3.14.